The van der Waals surface area contributed by atoms with Crippen LogP contribution in [0.2, 0.25) is 0 Å². The van der Waals surface area contributed by atoms with E-state index in [0.717, 1.165) is 11.6 Å². The van der Waals surface area contributed by atoms with E-state index in [-0.39, 0.29) is 6.04 Å². The SMILES string of the molecule is CN1CCC(C(N)c2nccs2)C1. The lowest BCUT2D eigenvalue weighted by molar-refractivity contribution is 0.372. The molecule has 1 saturated heterocycles. The predicted octanol–water partition coefficient (Wildman–Crippen LogP) is 1.09. The van der Waals surface area contributed by atoms with Crippen molar-refractivity contribution in [2.24, 2.45) is 11.7 Å². The molecule has 0 bridgehead atoms. The van der Waals surface area contributed by atoms with Crippen molar-refractivity contribution in [3.8, 4) is 0 Å². The largest absolute Gasteiger partial charge is 0.322 e. The molecule has 1 aromatic heterocycles. The molecular formula is C9H15N3S. The van der Waals surface area contributed by atoms with Gasteiger partial charge >= 0.3 is 0 Å². The first-order valence-electron chi connectivity index (χ1n) is 4.61. The molecule has 2 atom stereocenters. The van der Waals surface area contributed by atoms with Crippen molar-refractivity contribution in [3.05, 3.63) is 16.6 Å². The van der Waals surface area contributed by atoms with E-state index < -0.39 is 0 Å². The maximum atomic E-state index is 6.13. The molecule has 13 heavy (non-hydrogen) atoms. The molecule has 0 aliphatic carbocycles. The number of thiazole rings is 1. The van der Waals surface area contributed by atoms with Gasteiger partial charge in [0.2, 0.25) is 0 Å². The Morgan fingerprint density at radius 1 is 1.77 bits per heavy atom. The smallest absolute Gasteiger partial charge is 0.110 e. The summed E-state index contributed by atoms with van der Waals surface area (Å²) >= 11 is 1.66. The lowest BCUT2D eigenvalue weighted by atomic mass is 10.0. The number of hydrogen-bond acceptors (Lipinski definition) is 4. The zero-order chi connectivity index (χ0) is 9.26. The molecule has 2 heterocycles. The molecule has 0 aromatic carbocycles. The molecule has 3 nitrogen and oxygen atoms in total. The van der Waals surface area contributed by atoms with Crippen LogP contribution in [0, 0.1) is 5.92 Å². The summed E-state index contributed by atoms with van der Waals surface area (Å²) in [6, 6.07) is 0.143. The van der Waals surface area contributed by atoms with Crippen molar-refractivity contribution in [2.75, 3.05) is 20.1 Å². The van der Waals surface area contributed by atoms with E-state index in [1.165, 1.54) is 13.0 Å². The number of hydrogen-bond donors (Lipinski definition) is 1. The monoisotopic (exact) mass is 197 g/mol. The summed E-state index contributed by atoms with van der Waals surface area (Å²) in [5.74, 6) is 0.594. The summed E-state index contributed by atoms with van der Waals surface area (Å²) in [6.45, 7) is 2.28. The first kappa shape index (κ1) is 9.12. The Hall–Kier alpha value is -0.450. The Labute approximate surface area is 82.6 Å². The van der Waals surface area contributed by atoms with Crippen molar-refractivity contribution < 1.29 is 0 Å². The molecule has 0 amide bonds. The van der Waals surface area contributed by atoms with Crippen molar-refractivity contribution >= 4 is 11.3 Å². The minimum atomic E-state index is 0.143. The second-order valence-electron chi connectivity index (χ2n) is 3.71. The van der Waals surface area contributed by atoms with Crippen molar-refractivity contribution in [1.82, 2.24) is 9.88 Å². The van der Waals surface area contributed by atoms with Gasteiger partial charge in [-0.05, 0) is 25.9 Å². The third-order valence-corrected chi connectivity index (χ3v) is 3.55. The van der Waals surface area contributed by atoms with Crippen LogP contribution in [0.25, 0.3) is 0 Å². The Kier molecular flexibility index (Phi) is 2.62. The summed E-state index contributed by atoms with van der Waals surface area (Å²) in [4.78, 5) is 6.59. The van der Waals surface area contributed by atoms with Gasteiger partial charge in [0.25, 0.3) is 0 Å². The van der Waals surface area contributed by atoms with Crippen LogP contribution in [0.4, 0.5) is 0 Å². The highest BCUT2D eigenvalue weighted by molar-refractivity contribution is 7.09. The Morgan fingerprint density at radius 2 is 2.62 bits per heavy atom. The quantitative estimate of drug-likeness (QED) is 0.772. The van der Waals surface area contributed by atoms with Crippen LogP contribution in [-0.2, 0) is 0 Å². The maximum absolute atomic E-state index is 6.13. The highest BCUT2D eigenvalue weighted by Crippen LogP contribution is 2.28. The molecule has 1 aliphatic rings. The van der Waals surface area contributed by atoms with Gasteiger partial charge in [-0.3, -0.25) is 0 Å². The van der Waals surface area contributed by atoms with Crippen LogP contribution in [-0.4, -0.2) is 30.0 Å². The van der Waals surface area contributed by atoms with Gasteiger partial charge in [-0.2, -0.15) is 0 Å². The van der Waals surface area contributed by atoms with E-state index in [1.54, 1.807) is 11.3 Å². The summed E-state index contributed by atoms with van der Waals surface area (Å²) in [5, 5.41) is 3.08. The normalized spacial score (nSPS) is 26.5. The van der Waals surface area contributed by atoms with Crippen LogP contribution in [0.3, 0.4) is 0 Å². The molecule has 2 N–H and O–H groups in total. The average Bonchev–Trinajstić information content (AvgIpc) is 2.72. The standard InChI is InChI=1S/C9H15N3S/c1-12-4-2-7(6-12)8(10)9-11-3-5-13-9/h3,5,7-8H,2,4,6,10H2,1H3. The topological polar surface area (TPSA) is 42.1 Å². The van der Waals surface area contributed by atoms with E-state index >= 15 is 0 Å². The molecule has 1 aliphatic heterocycles. The number of nitrogens with two attached hydrogens (primary N) is 1. The fourth-order valence-corrected chi connectivity index (χ4v) is 2.60. The second kappa shape index (κ2) is 3.74. The van der Waals surface area contributed by atoms with Crippen LogP contribution in [0.1, 0.15) is 17.5 Å². The zero-order valence-electron chi connectivity index (χ0n) is 7.81. The van der Waals surface area contributed by atoms with Crippen LogP contribution in [0.5, 0.6) is 0 Å². The van der Waals surface area contributed by atoms with Gasteiger partial charge in [-0.25, -0.2) is 4.98 Å². The average molecular weight is 197 g/mol. The van der Waals surface area contributed by atoms with Gasteiger partial charge in [-0.1, -0.05) is 0 Å². The summed E-state index contributed by atoms with van der Waals surface area (Å²) in [7, 11) is 2.15. The van der Waals surface area contributed by atoms with Crippen molar-refractivity contribution in [2.45, 2.75) is 12.5 Å². The molecule has 4 heteroatoms. The van der Waals surface area contributed by atoms with Gasteiger partial charge in [0.1, 0.15) is 5.01 Å². The molecular weight excluding hydrogens is 182 g/mol. The lowest BCUT2D eigenvalue weighted by Crippen LogP contribution is -2.24. The van der Waals surface area contributed by atoms with Gasteiger partial charge < -0.3 is 10.6 Å². The fourth-order valence-electron chi connectivity index (χ4n) is 1.86. The Morgan fingerprint density at radius 3 is 3.15 bits per heavy atom. The molecule has 0 spiro atoms. The van der Waals surface area contributed by atoms with E-state index in [1.807, 2.05) is 11.6 Å². The van der Waals surface area contributed by atoms with Crippen molar-refractivity contribution in [1.29, 1.82) is 0 Å². The van der Waals surface area contributed by atoms with Crippen LogP contribution in [0.15, 0.2) is 11.6 Å². The van der Waals surface area contributed by atoms with E-state index in [0.29, 0.717) is 5.92 Å². The summed E-state index contributed by atoms with van der Waals surface area (Å²) in [5.41, 5.74) is 6.13. The lowest BCUT2D eigenvalue weighted by Gasteiger charge is -2.16. The highest BCUT2D eigenvalue weighted by Gasteiger charge is 2.27. The van der Waals surface area contributed by atoms with Gasteiger partial charge in [-0.15, -0.1) is 11.3 Å². The first-order chi connectivity index (χ1) is 6.27. The number of likely N-dealkylation sites (tertiary alicyclic amines) is 1. The van der Waals surface area contributed by atoms with Crippen LogP contribution < -0.4 is 5.73 Å². The maximum Gasteiger partial charge on any atom is 0.110 e. The van der Waals surface area contributed by atoms with Gasteiger partial charge in [0.05, 0.1) is 6.04 Å². The first-order valence-corrected chi connectivity index (χ1v) is 5.49. The molecule has 0 radical (unpaired) electrons. The van der Waals surface area contributed by atoms with Crippen molar-refractivity contribution in [3.63, 3.8) is 0 Å². The Balaban J connectivity index is 2.02. The minimum absolute atomic E-state index is 0.143. The Bertz CT molecular complexity index is 260. The molecule has 1 fully saturated rings. The zero-order valence-corrected chi connectivity index (χ0v) is 8.63. The van der Waals surface area contributed by atoms with Crippen LogP contribution >= 0.6 is 11.3 Å². The number of rotatable bonds is 2. The minimum Gasteiger partial charge on any atom is -0.322 e. The molecule has 1 aromatic rings. The predicted molar refractivity (Wildman–Crippen MR) is 54.6 cm³/mol. The third-order valence-electron chi connectivity index (χ3n) is 2.67. The molecule has 2 rings (SSSR count). The van der Waals surface area contributed by atoms with E-state index in [4.69, 9.17) is 5.73 Å². The summed E-state index contributed by atoms with van der Waals surface area (Å²) in [6.07, 6.45) is 3.04. The molecule has 0 saturated carbocycles. The molecule has 2 unspecified atom stereocenters. The van der Waals surface area contributed by atoms with E-state index in [9.17, 15) is 0 Å². The van der Waals surface area contributed by atoms with Gasteiger partial charge in [0, 0.05) is 18.1 Å². The van der Waals surface area contributed by atoms with Gasteiger partial charge in [0.15, 0.2) is 0 Å². The van der Waals surface area contributed by atoms with E-state index in [2.05, 4.69) is 16.9 Å². The number of aromatic nitrogens is 1. The highest BCUT2D eigenvalue weighted by atomic mass is 32.1. The number of nitrogens with zero attached hydrogens (tertiary/aromatic N) is 2. The summed E-state index contributed by atoms with van der Waals surface area (Å²) < 4.78 is 0. The second-order valence-corrected chi connectivity index (χ2v) is 4.63. The molecule has 72 valence electrons. The fraction of sp³-hybridized carbons (Fsp3) is 0.667. The third kappa shape index (κ3) is 1.90.